The highest BCUT2D eigenvalue weighted by atomic mass is 32.2. The van der Waals surface area contributed by atoms with Crippen LogP contribution in [0.3, 0.4) is 0 Å². The zero-order valence-corrected chi connectivity index (χ0v) is 15.5. The SMILES string of the molecule is O=S(=O)(C1CC1)N1Cc2cn(CC3CC3)nc2C(COCC2CC2)C1. The molecule has 0 N–H and O–H groups in total. The predicted octanol–water partition coefficient (Wildman–Crippen LogP) is 2.11. The van der Waals surface area contributed by atoms with E-state index in [1.165, 1.54) is 25.7 Å². The summed E-state index contributed by atoms with van der Waals surface area (Å²) < 4.78 is 35.2. The van der Waals surface area contributed by atoms with Crippen LogP contribution in [0, 0.1) is 11.8 Å². The van der Waals surface area contributed by atoms with Crippen molar-refractivity contribution in [2.45, 2.75) is 62.8 Å². The lowest BCUT2D eigenvalue weighted by molar-refractivity contribution is 0.101. The van der Waals surface area contributed by atoms with Gasteiger partial charge in [-0.3, -0.25) is 4.68 Å². The molecule has 0 spiro atoms. The van der Waals surface area contributed by atoms with Crippen LogP contribution in [0.15, 0.2) is 6.20 Å². The highest BCUT2D eigenvalue weighted by molar-refractivity contribution is 7.90. The lowest BCUT2D eigenvalue weighted by Crippen LogP contribution is -2.41. The van der Waals surface area contributed by atoms with E-state index in [4.69, 9.17) is 9.84 Å². The molecule has 0 radical (unpaired) electrons. The minimum absolute atomic E-state index is 0.0662. The molecule has 1 aromatic heterocycles. The number of fused-ring (bicyclic) bond motifs is 1. The number of hydrogen-bond donors (Lipinski definition) is 0. The summed E-state index contributed by atoms with van der Waals surface area (Å²) in [7, 11) is -3.15. The van der Waals surface area contributed by atoms with Crippen LogP contribution >= 0.6 is 0 Å². The van der Waals surface area contributed by atoms with Crippen LogP contribution in [0.4, 0.5) is 0 Å². The Morgan fingerprint density at radius 3 is 2.52 bits per heavy atom. The maximum absolute atomic E-state index is 12.7. The van der Waals surface area contributed by atoms with Gasteiger partial charge in [0.2, 0.25) is 10.0 Å². The number of ether oxygens (including phenoxy) is 1. The first-order valence-corrected chi connectivity index (χ1v) is 11.2. The van der Waals surface area contributed by atoms with Gasteiger partial charge in [0.15, 0.2) is 0 Å². The van der Waals surface area contributed by atoms with Crippen LogP contribution < -0.4 is 0 Å². The number of aromatic nitrogens is 2. The number of rotatable bonds is 8. The molecule has 7 heteroatoms. The van der Waals surface area contributed by atoms with Crippen molar-refractivity contribution in [2.75, 3.05) is 19.8 Å². The van der Waals surface area contributed by atoms with E-state index in [1.807, 2.05) is 4.68 Å². The summed E-state index contributed by atoms with van der Waals surface area (Å²) in [4.78, 5) is 0. The molecule has 138 valence electrons. The van der Waals surface area contributed by atoms with E-state index in [1.54, 1.807) is 4.31 Å². The van der Waals surface area contributed by atoms with Crippen molar-refractivity contribution in [1.29, 1.82) is 0 Å². The fourth-order valence-electron chi connectivity index (χ4n) is 3.75. The van der Waals surface area contributed by atoms with E-state index in [-0.39, 0.29) is 11.2 Å². The summed E-state index contributed by atoms with van der Waals surface area (Å²) in [5.41, 5.74) is 2.15. The maximum Gasteiger partial charge on any atom is 0.217 e. The molecule has 1 aliphatic heterocycles. The molecule has 1 aromatic rings. The summed E-state index contributed by atoms with van der Waals surface area (Å²) in [6.45, 7) is 3.37. The first kappa shape index (κ1) is 16.3. The van der Waals surface area contributed by atoms with Crippen LogP contribution in [0.1, 0.15) is 55.7 Å². The smallest absolute Gasteiger partial charge is 0.217 e. The Hall–Kier alpha value is -0.920. The molecule has 25 heavy (non-hydrogen) atoms. The molecule has 5 rings (SSSR count). The molecule has 4 aliphatic rings. The summed E-state index contributed by atoms with van der Waals surface area (Å²) in [5, 5.41) is 4.67. The Morgan fingerprint density at radius 2 is 1.84 bits per heavy atom. The first-order valence-electron chi connectivity index (χ1n) is 9.72. The standard InChI is InChI=1S/C18H27N3O3S/c22-25(23,17-5-6-17)21-9-15-8-20(7-13-1-2-13)19-18(15)16(10-21)12-24-11-14-3-4-14/h8,13-14,16-17H,1-7,9-12H2. The fourth-order valence-corrected chi connectivity index (χ4v) is 5.61. The van der Waals surface area contributed by atoms with E-state index < -0.39 is 10.0 Å². The van der Waals surface area contributed by atoms with Crippen molar-refractivity contribution in [1.82, 2.24) is 14.1 Å². The van der Waals surface area contributed by atoms with Gasteiger partial charge in [-0.15, -0.1) is 0 Å². The third kappa shape index (κ3) is 3.51. The topological polar surface area (TPSA) is 64.4 Å². The molecule has 3 saturated carbocycles. The highest BCUT2D eigenvalue weighted by Gasteiger charge is 2.43. The monoisotopic (exact) mass is 365 g/mol. The third-order valence-corrected chi connectivity index (χ3v) is 8.16. The molecule has 6 nitrogen and oxygen atoms in total. The second-order valence-electron chi connectivity index (χ2n) is 8.42. The summed E-state index contributed by atoms with van der Waals surface area (Å²) in [6, 6.07) is 0. The van der Waals surface area contributed by atoms with Gasteiger partial charge >= 0.3 is 0 Å². The number of nitrogens with zero attached hydrogens (tertiary/aromatic N) is 3. The minimum Gasteiger partial charge on any atom is -0.380 e. The van der Waals surface area contributed by atoms with Gasteiger partial charge in [0.05, 0.1) is 17.6 Å². The molecule has 3 fully saturated rings. The Morgan fingerprint density at radius 1 is 1.08 bits per heavy atom. The second kappa shape index (κ2) is 6.06. The van der Waals surface area contributed by atoms with E-state index >= 15 is 0 Å². The van der Waals surface area contributed by atoms with E-state index in [9.17, 15) is 8.42 Å². The highest BCUT2D eigenvalue weighted by Crippen LogP contribution is 2.37. The van der Waals surface area contributed by atoms with Gasteiger partial charge in [-0.25, -0.2) is 8.42 Å². The molecule has 0 saturated heterocycles. The third-order valence-electron chi connectivity index (χ3n) is 5.84. The fraction of sp³-hybridized carbons (Fsp3) is 0.833. The van der Waals surface area contributed by atoms with Gasteiger partial charge in [0.25, 0.3) is 0 Å². The van der Waals surface area contributed by atoms with Gasteiger partial charge < -0.3 is 4.74 Å². The molecular weight excluding hydrogens is 338 g/mol. The molecule has 2 heterocycles. The Labute approximate surface area is 149 Å². The lowest BCUT2D eigenvalue weighted by Gasteiger charge is -2.31. The lowest BCUT2D eigenvalue weighted by atomic mass is 9.99. The van der Waals surface area contributed by atoms with Crippen molar-refractivity contribution in [2.24, 2.45) is 11.8 Å². The Kier molecular flexibility index (Phi) is 3.95. The second-order valence-corrected chi connectivity index (χ2v) is 10.6. The maximum atomic E-state index is 12.7. The Bertz CT molecular complexity index is 748. The van der Waals surface area contributed by atoms with Gasteiger partial charge in [-0.05, 0) is 50.4 Å². The van der Waals surface area contributed by atoms with Crippen molar-refractivity contribution < 1.29 is 13.2 Å². The van der Waals surface area contributed by atoms with Crippen LogP contribution in [0.5, 0.6) is 0 Å². The zero-order valence-electron chi connectivity index (χ0n) is 14.6. The number of hydrogen-bond acceptors (Lipinski definition) is 4. The van der Waals surface area contributed by atoms with Gasteiger partial charge in [-0.2, -0.15) is 9.40 Å². The average molecular weight is 365 g/mol. The molecule has 0 bridgehead atoms. The molecule has 3 aliphatic carbocycles. The summed E-state index contributed by atoms with van der Waals surface area (Å²) in [5.74, 6) is 1.55. The first-order chi connectivity index (χ1) is 12.1. The predicted molar refractivity (Wildman–Crippen MR) is 93.6 cm³/mol. The Balaban J connectivity index is 1.36. The molecule has 1 atom stereocenters. The largest absolute Gasteiger partial charge is 0.380 e. The van der Waals surface area contributed by atoms with Gasteiger partial charge in [0.1, 0.15) is 0 Å². The molecule has 0 aromatic carbocycles. The van der Waals surface area contributed by atoms with Crippen molar-refractivity contribution >= 4 is 10.0 Å². The van der Waals surface area contributed by atoms with Gasteiger partial charge in [0, 0.05) is 43.9 Å². The van der Waals surface area contributed by atoms with Crippen LogP contribution in [-0.2, 0) is 27.8 Å². The summed E-state index contributed by atoms with van der Waals surface area (Å²) >= 11 is 0. The van der Waals surface area contributed by atoms with E-state index in [2.05, 4.69) is 6.20 Å². The van der Waals surface area contributed by atoms with Crippen LogP contribution in [0.2, 0.25) is 0 Å². The molecule has 0 amide bonds. The quantitative estimate of drug-likeness (QED) is 0.708. The van der Waals surface area contributed by atoms with Crippen LogP contribution in [-0.4, -0.2) is 47.5 Å². The molecular formula is C18H27N3O3S. The van der Waals surface area contributed by atoms with E-state index in [0.29, 0.717) is 19.7 Å². The van der Waals surface area contributed by atoms with Crippen molar-refractivity contribution in [3.63, 3.8) is 0 Å². The zero-order chi connectivity index (χ0) is 17.0. The van der Waals surface area contributed by atoms with Crippen molar-refractivity contribution in [3.05, 3.63) is 17.5 Å². The minimum atomic E-state index is -3.15. The number of sulfonamides is 1. The van der Waals surface area contributed by atoms with E-state index in [0.717, 1.165) is 49.1 Å². The van der Waals surface area contributed by atoms with Gasteiger partial charge in [-0.1, -0.05) is 0 Å². The normalized spacial score (nSPS) is 27.4. The van der Waals surface area contributed by atoms with Crippen molar-refractivity contribution in [3.8, 4) is 0 Å². The average Bonchev–Trinajstić information content (AvgIpc) is 3.41. The van der Waals surface area contributed by atoms with Crippen LogP contribution in [0.25, 0.3) is 0 Å². The summed E-state index contributed by atoms with van der Waals surface area (Å²) in [6.07, 6.45) is 8.84. The molecule has 1 unspecified atom stereocenters.